The number of aromatic nitrogens is 1. The summed E-state index contributed by atoms with van der Waals surface area (Å²) >= 11 is 0. The predicted molar refractivity (Wildman–Crippen MR) is 147 cm³/mol. The highest BCUT2D eigenvalue weighted by Gasteiger charge is 2.21. The molecule has 2 N–H and O–H groups in total. The number of aliphatic hydroxyl groups excluding tert-OH is 2. The van der Waals surface area contributed by atoms with Gasteiger partial charge in [0.05, 0.1) is 18.6 Å². The number of rotatable bonds is 8. The van der Waals surface area contributed by atoms with Crippen molar-refractivity contribution in [3.05, 3.63) is 99.5 Å². The second-order valence-corrected chi connectivity index (χ2v) is 9.49. The molecule has 2 heterocycles. The normalized spacial score (nSPS) is 11.3. The van der Waals surface area contributed by atoms with Crippen molar-refractivity contribution < 1.29 is 32.9 Å². The van der Waals surface area contributed by atoms with Crippen LogP contribution >= 0.6 is 0 Å². The Balaban J connectivity index is 1.68. The maximum Gasteiger partial charge on any atom is 0.261 e. The Morgan fingerprint density at radius 1 is 0.925 bits per heavy atom. The molecule has 0 aliphatic heterocycles. The molecule has 0 aliphatic rings. The van der Waals surface area contributed by atoms with Gasteiger partial charge in [-0.3, -0.25) is 4.79 Å². The van der Waals surface area contributed by atoms with Crippen molar-refractivity contribution >= 4 is 11.0 Å². The number of benzene rings is 3. The zero-order valence-electron chi connectivity index (χ0n) is 22.1. The predicted octanol–water partition coefficient (Wildman–Crippen LogP) is 6.02. The molecule has 0 saturated heterocycles. The van der Waals surface area contributed by atoms with Crippen molar-refractivity contribution in [2.45, 2.75) is 20.5 Å². The first-order valence-electron chi connectivity index (χ1n) is 12.6. The summed E-state index contributed by atoms with van der Waals surface area (Å²) in [6.45, 7) is 3.57. The van der Waals surface area contributed by atoms with Crippen LogP contribution < -0.4 is 15.0 Å². The van der Waals surface area contributed by atoms with E-state index in [1.54, 1.807) is 37.5 Å². The Morgan fingerprint density at radius 2 is 1.65 bits per heavy atom. The van der Waals surface area contributed by atoms with Crippen LogP contribution in [0.15, 0.2) is 70.0 Å². The van der Waals surface area contributed by atoms with Crippen LogP contribution in [-0.4, -0.2) is 28.0 Å². The van der Waals surface area contributed by atoms with E-state index in [1.165, 1.54) is 10.6 Å². The molecule has 3 aromatic carbocycles. The van der Waals surface area contributed by atoms with Gasteiger partial charge in [0.1, 0.15) is 35.3 Å². The second kappa shape index (κ2) is 11.0. The first-order valence-corrected chi connectivity index (χ1v) is 12.6. The van der Waals surface area contributed by atoms with Crippen LogP contribution in [0, 0.1) is 25.5 Å². The van der Waals surface area contributed by atoms with Gasteiger partial charge in [-0.25, -0.2) is 8.78 Å². The fourth-order valence-electron chi connectivity index (χ4n) is 4.70. The summed E-state index contributed by atoms with van der Waals surface area (Å²) in [7, 11) is 1.61. The van der Waals surface area contributed by atoms with Gasteiger partial charge in [0, 0.05) is 36.0 Å². The maximum atomic E-state index is 14.4. The molecule has 9 heteroatoms. The van der Waals surface area contributed by atoms with Crippen molar-refractivity contribution in [2.75, 3.05) is 13.2 Å². The molecule has 0 aliphatic carbocycles. The van der Waals surface area contributed by atoms with E-state index in [-0.39, 0.29) is 42.5 Å². The highest BCUT2D eigenvalue weighted by Crippen LogP contribution is 2.40. The number of furan rings is 1. The number of aryl methyl sites for hydroxylation is 3. The lowest BCUT2D eigenvalue weighted by Crippen LogP contribution is -2.15. The lowest BCUT2D eigenvalue weighted by atomic mass is 10.0. The Kier molecular flexibility index (Phi) is 7.42. The van der Waals surface area contributed by atoms with Gasteiger partial charge in [-0.1, -0.05) is 6.07 Å². The van der Waals surface area contributed by atoms with E-state index in [4.69, 9.17) is 19.0 Å². The lowest BCUT2D eigenvalue weighted by Gasteiger charge is -2.14. The van der Waals surface area contributed by atoms with E-state index in [0.717, 1.165) is 28.8 Å². The third-order valence-electron chi connectivity index (χ3n) is 6.56. The summed E-state index contributed by atoms with van der Waals surface area (Å²) in [5.74, 6) is -0.457. The molecule has 0 unspecified atom stereocenters. The minimum absolute atomic E-state index is 0.104. The number of halogens is 2. The molecule has 0 saturated carbocycles. The number of pyridine rings is 1. The summed E-state index contributed by atoms with van der Waals surface area (Å²) in [6, 6.07) is 13.3. The molecular formula is C31H27F2NO6. The quantitative estimate of drug-likeness (QED) is 0.247. The Bertz CT molecular complexity index is 1770. The van der Waals surface area contributed by atoms with Crippen LogP contribution in [0.4, 0.5) is 8.78 Å². The molecule has 7 nitrogen and oxygen atoms in total. The number of fused-ring (bicyclic) bond motifs is 1. The highest BCUT2D eigenvalue weighted by molar-refractivity contribution is 5.95. The van der Waals surface area contributed by atoms with Crippen molar-refractivity contribution in [2.24, 2.45) is 7.05 Å². The molecule has 0 spiro atoms. The highest BCUT2D eigenvalue weighted by atomic mass is 19.1. The third kappa shape index (κ3) is 5.09. The minimum atomic E-state index is -0.875. The van der Waals surface area contributed by atoms with Crippen LogP contribution in [0.5, 0.6) is 17.2 Å². The van der Waals surface area contributed by atoms with Crippen molar-refractivity contribution in [1.82, 2.24) is 4.57 Å². The van der Waals surface area contributed by atoms with Crippen molar-refractivity contribution in [3.63, 3.8) is 0 Å². The topological polar surface area (TPSA) is 94.1 Å². The molecule has 40 heavy (non-hydrogen) atoms. The van der Waals surface area contributed by atoms with Gasteiger partial charge >= 0.3 is 0 Å². The fraction of sp³-hybridized carbons (Fsp3) is 0.194. The molecule has 0 atom stereocenters. The average molecular weight is 548 g/mol. The SMILES string of the molecule is Cc1cc(-c2cc3c(=O)n(C)cc(-c4cc(CO)ccc4Oc4ccc(F)cc4F)c3o2)cc(C)c1OCCO. The smallest absolute Gasteiger partial charge is 0.261 e. The van der Waals surface area contributed by atoms with Crippen LogP contribution in [0.25, 0.3) is 33.4 Å². The van der Waals surface area contributed by atoms with Crippen molar-refractivity contribution in [3.8, 4) is 39.7 Å². The monoisotopic (exact) mass is 547 g/mol. The number of hydrogen-bond donors (Lipinski definition) is 2. The van der Waals surface area contributed by atoms with E-state index in [9.17, 15) is 18.7 Å². The number of ether oxygens (including phenoxy) is 2. The zero-order chi connectivity index (χ0) is 28.6. The van der Waals surface area contributed by atoms with E-state index in [1.807, 2.05) is 26.0 Å². The summed E-state index contributed by atoms with van der Waals surface area (Å²) in [4.78, 5) is 13.1. The number of nitrogens with zero attached hydrogens (tertiary/aromatic N) is 1. The van der Waals surface area contributed by atoms with E-state index < -0.39 is 11.6 Å². The molecule has 0 bridgehead atoms. The summed E-state index contributed by atoms with van der Waals surface area (Å²) in [6.07, 6.45) is 1.59. The Labute approximate surface area is 228 Å². The molecule has 5 rings (SSSR count). The second-order valence-electron chi connectivity index (χ2n) is 9.49. The van der Waals surface area contributed by atoms with Gasteiger partial charge < -0.3 is 28.7 Å². The van der Waals surface area contributed by atoms with Gasteiger partial charge in [-0.15, -0.1) is 0 Å². The molecule has 0 amide bonds. The van der Waals surface area contributed by atoms with Crippen LogP contribution in [0.2, 0.25) is 0 Å². The van der Waals surface area contributed by atoms with E-state index in [2.05, 4.69) is 0 Å². The third-order valence-corrected chi connectivity index (χ3v) is 6.56. The van der Waals surface area contributed by atoms with Crippen LogP contribution in [0.1, 0.15) is 16.7 Å². The minimum Gasteiger partial charge on any atom is -0.491 e. The first-order chi connectivity index (χ1) is 19.2. The summed E-state index contributed by atoms with van der Waals surface area (Å²) in [5.41, 5.74) is 3.88. The Hall–Kier alpha value is -4.47. The number of hydrogen-bond acceptors (Lipinski definition) is 6. The standard InChI is InChI=1S/C31H27F2NO6/c1-17-10-20(11-18(2)29(17)38-9-8-35)28-14-23-30(40-28)24(15-34(3)31(23)37)22-12-19(16-36)4-6-26(22)39-27-7-5-21(32)13-25(27)33/h4-7,10-15,35-36H,8-9,16H2,1-3H3. The first kappa shape index (κ1) is 27.1. The molecule has 0 fully saturated rings. The van der Waals surface area contributed by atoms with Crippen LogP contribution in [-0.2, 0) is 13.7 Å². The van der Waals surface area contributed by atoms with Gasteiger partial charge in [-0.05, 0) is 73.0 Å². The molecular weight excluding hydrogens is 520 g/mol. The Morgan fingerprint density at radius 3 is 2.33 bits per heavy atom. The number of aliphatic hydroxyl groups is 2. The van der Waals surface area contributed by atoms with Crippen LogP contribution in [0.3, 0.4) is 0 Å². The van der Waals surface area contributed by atoms with Gasteiger partial charge in [0.2, 0.25) is 0 Å². The summed E-state index contributed by atoms with van der Waals surface area (Å²) in [5, 5.41) is 19.3. The molecule has 2 aromatic heterocycles. The van der Waals surface area contributed by atoms with E-state index >= 15 is 0 Å². The van der Waals surface area contributed by atoms with Crippen molar-refractivity contribution in [1.29, 1.82) is 0 Å². The van der Waals surface area contributed by atoms with Gasteiger partial charge in [-0.2, -0.15) is 0 Å². The van der Waals surface area contributed by atoms with Gasteiger partial charge in [0.15, 0.2) is 11.6 Å². The molecule has 206 valence electrons. The lowest BCUT2D eigenvalue weighted by molar-refractivity contribution is 0.200. The maximum absolute atomic E-state index is 14.4. The summed E-state index contributed by atoms with van der Waals surface area (Å²) < 4.78 is 47.1. The fourth-order valence-corrected chi connectivity index (χ4v) is 4.70. The van der Waals surface area contributed by atoms with E-state index in [0.29, 0.717) is 33.6 Å². The van der Waals surface area contributed by atoms with Gasteiger partial charge in [0.25, 0.3) is 5.56 Å². The molecule has 0 radical (unpaired) electrons. The average Bonchev–Trinajstić information content (AvgIpc) is 3.38. The zero-order valence-corrected chi connectivity index (χ0v) is 22.1. The largest absolute Gasteiger partial charge is 0.491 e. The molecule has 5 aromatic rings.